The summed E-state index contributed by atoms with van der Waals surface area (Å²) in [7, 11) is 0. The number of nitrogens with one attached hydrogen (secondary N) is 2. The van der Waals surface area contributed by atoms with Gasteiger partial charge in [-0.15, -0.1) is 0 Å². The number of nitrogens with zero attached hydrogens (tertiary/aromatic N) is 1. The van der Waals surface area contributed by atoms with Gasteiger partial charge in [-0.2, -0.15) is 13.2 Å². The van der Waals surface area contributed by atoms with Crippen molar-refractivity contribution in [3.05, 3.63) is 29.8 Å². The highest BCUT2D eigenvalue weighted by molar-refractivity contribution is 5.89. The molecule has 1 aromatic rings. The minimum absolute atomic E-state index is 0.210. The Kier molecular flexibility index (Phi) is 4.17. The Labute approximate surface area is 114 Å². The third kappa shape index (κ3) is 3.63. The molecule has 2 rings (SSSR count). The van der Waals surface area contributed by atoms with Gasteiger partial charge in [-0.05, 0) is 31.2 Å². The zero-order valence-electron chi connectivity index (χ0n) is 11.0. The van der Waals surface area contributed by atoms with E-state index in [1.807, 2.05) is 6.92 Å². The van der Waals surface area contributed by atoms with Crippen molar-refractivity contribution in [2.75, 3.05) is 25.0 Å². The van der Waals surface area contributed by atoms with E-state index >= 15 is 0 Å². The Morgan fingerprint density at radius 3 is 2.55 bits per heavy atom. The smallest absolute Gasteiger partial charge is 0.322 e. The fourth-order valence-corrected chi connectivity index (χ4v) is 2.06. The molecular formula is C13H16F3N3O. The van der Waals surface area contributed by atoms with Gasteiger partial charge in [0.05, 0.1) is 5.56 Å². The summed E-state index contributed by atoms with van der Waals surface area (Å²) in [6.45, 7) is 3.84. The first-order valence-corrected chi connectivity index (χ1v) is 6.33. The highest BCUT2D eigenvalue weighted by Crippen LogP contribution is 2.29. The predicted molar refractivity (Wildman–Crippen MR) is 69.5 cm³/mol. The van der Waals surface area contributed by atoms with Gasteiger partial charge in [0.25, 0.3) is 0 Å². The Bertz CT molecular complexity index is 473. The minimum atomic E-state index is -4.36. The van der Waals surface area contributed by atoms with Crippen LogP contribution in [0.25, 0.3) is 0 Å². The summed E-state index contributed by atoms with van der Waals surface area (Å²) in [6, 6.07) is 4.34. The van der Waals surface area contributed by atoms with Crippen molar-refractivity contribution < 1.29 is 18.0 Å². The number of rotatable bonds is 1. The van der Waals surface area contributed by atoms with Crippen LogP contribution in [0.5, 0.6) is 0 Å². The van der Waals surface area contributed by atoms with Crippen LogP contribution in [0.4, 0.5) is 23.7 Å². The third-order valence-electron chi connectivity index (χ3n) is 3.12. The summed E-state index contributed by atoms with van der Waals surface area (Å²) in [6.07, 6.45) is -4.36. The molecule has 1 aliphatic heterocycles. The largest absolute Gasteiger partial charge is 0.416 e. The van der Waals surface area contributed by atoms with Crippen LogP contribution >= 0.6 is 0 Å². The second-order valence-electron chi connectivity index (χ2n) is 4.81. The molecule has 110 valence electrons. The Morgan fingerprint density at radius 1 is 1.35 bits per heavy atom. The number of benzene rings is 1. The number of anilines is 1. The second kappa shape index (κ2) is 5.70. The average Bonchev–Trinajstić information content (AvgIpc) is 2.38. The summed E-state index contributed by atoms with van der Waals surface area (Å²) >= 11 is 0. The van der Waals surface area contributed by atoms with Crippen LogP contribution in [0.3, 0.4) is 0 Å². The molecule has 2 N–H and O–H groups in total. The first-order valence-electron chi connectivity index (χ1n) is 6.33. The lowest BCUT2D eigenvalue weighted by Gasteiger charge is -2.31. The van der Waals surface area contributed by atoms with E-state index in [9.17, 15) is 18.0 Å². The van der Waals surface area contributed by atoms with Gasteiger partial charge >= 0.3 is 12.2 Å². The third-order valence-corrected chi connectivity index (χ3v) is 3.12. The van der Waals surface area contributed by atoms with E-state index in [4.69, 9.17) is 0 Å². The first kappa shape index (κ1) is 14.6. The van der Waals surface area contributed by atoms with Crippen LogP contribution < -0.4 is 10.6 Å². The first-order chi connectivity index (χ1) is 9.36. The van der Waals surface area contributed by atoms with Crippen LogP contribution in [0, 0.1) is 0 Å². The van der Waals surface area contributed by atoms with Crippen LogP contribution in [-0.4, -0.2) is 36.6 Å². The lowest BCUT2D eigenvalue weighted by molar-refractivity contribution is -0.137. The number of hydrogen-bond acceptors (Lipinski definition) is 2. The van der Waals surface area contributed by atoms with Gasteiger partial charge in [0, 0.05) is 31.4 Å². The molecule has 0 bridgehead atoms. The number of carbonyl (C=O) groups excluding carboxylic acids is 1. The molecule has 1 atom stereocenters. The number of alkyl halides is 3. The van der Waals surface area contributed by atoms with Crippen molar-refractivity contribution in [3.63, 3.8) is 0 Å². The summed E-state index contributed by atoms with van der Waals surface area (Å²) in [5, 5.41) is 5.81. The normalized spacial score (nSPS) is 19.8. The van der Waals surface area contributed by atoms with Gasteiger partial charge in [0.2, 0.25) is 0 Å². The SMILES string of the molecule is C[C@H]1CN(C(=O)Nc2ccc(C(F)(F)F)cc2)CCN1. The summed E-state index contributed by atoms with van der Waals surface area (Å²) in [5.41, 5.74) is -0.375. The quantitative estimate of drug-likeness (QED) is 0.833. The molecule has 7 heteroatoms. The van der Waals surface area contributed by atoms with Crippen molar-refractivity contribution >= 4 is 11.7 Å². The summed E-state index contributed by atoms with van der Waals surface area (Å²) in [5.74, 6) is 0. The molecule has 0 spiro atoms. The van der Waals surface area contributed by atoms with Crippen LogP contribution in [0.1, 0.15) is 12.5 Å². The van der Waals surface area contributed by atoms with Crippen LogP contribution in [0.15, 0.2) is 24.3 Å². The molecule has 0 aromatic heterocycles. The van der Waals surface area contributed by atoms with E-state index in [-0.39, 0.29) is 12.1 Å². The van der Waals surface area contributed by atoms with E-state index in [2.05, 4.69) is 10.6 Å². The van der Waals surface area contributed by atoms with Crippen LogP contribution in [-0.2, 0) is 6.18 Å². The maximum absolute atomic E-state index is 12.4. The molecule has 4 nitrogen and oxygen atoms in total. The molecule has 1 heterocycles. The second-order valence-corrected chi connectivity index (χ2v) is 4.81. The topological polar surface area (TPSA) is 44.4 Å². The Hall–Kier alpha value is -1.76. The van der Waals surface area contributed by atoms with Crippen molar-refractivity contribution in [3.8, 4) is 0 Å². The molecule has 0 saturated carbocycles. The fraction of sp³-hybridized carbons (Fsp3) is 0.462. The zero-order chi connectivity index (χ0) is 14.8. The number of amides is 2. The molecule has 1 saturated heterocycles. The summed E-state index contributed by atoms with van der Waals surface area (Å²) < 4.78 is 37.2. The number of halogens is 3. The van der Waals surface area contributed by atoms with Gasteiger partial charge in [0.15, 0.2) is 0 Å². The van der Waals surface area contributed by atoms with E-state index < -0.39 is 11.7 Å². The highest BCUT2D eigenvalue weighted by atomic mass is 19.4. The van der Waals surface area contributed by atoms with E-state index in [0.717, 1.165) is 12.1 Å². The van der Waals surface area contributed by atoms with Gasteiger partial charge in [-0.25, -0.2) is 4.79 Å². The van der Waals surface area contributed by atoms with Crippen molar-refractivity contribution in [1.82, 2.24) is 10.2 Å². The van der Waals surface area contributed by atoms with Crippen LogP contribution in [0.2, 0.25) is 0 Å². The number of piperazine rings is 1. The molecule has 1 fully saturated rings. The van der Waals surface area contributed by atoms with E-state index in [1.165, 1.54) is 12.1 Å². The zero-order valence-corrected chi connectivity index (χ0v) is 11.0. The monoisotopic (exact) mass is 287 g/mol. The molecule has 2 amide bonds. The molecule has 1 aliphatic rings. The highest BCUT2D eigenvalue weighted by Gasteiger charge is 2.30. The van der Waals surface area contributed by atoms with E-state index in [1.54, 1.807) is 4.90 Å². The Morgan fingerprint density at radius 2 is 2.00 bits per heavy atom. The molecule has 20 heavy (non-hydrogen) atoms. The van der Waals surface area contributed by atoms with Gasteiger partial charge in [0.1, 0.15) is 0 Å². The fourth-order valence-electron chi connectivity index (χ4n) is 2.06. The molecule has 0 aliphatic carbocycles. The lowest BCUT2D eigenvalue weighted by atomic mass is 10.2. The lowest BCUT2D eigenvalue weighted by Crippen LogP contribution is -2.52. The molecule has 1 aromatic carbocycles. The minimum Gasteiger partial charge on any atom is -0.322 e. The predicted octanol–water partition coefficient (Wildman–Crippen LogP) is 2.53. The van der Waals surface area contributed by atoms with Gasteiger partial charge in [-0.1, -0.05) is 0 Å². The summed E-state index contributed by atoms with van der Waals surface area (Å²) in [4.78, 5) is 13.6. The van der Waals surface area contributed by atoms with E-state index in [0.29, 0.717) is 25.3 Å². The van der Waals surface area contributed by atoms with Gasteiger partial charge in [-0.3, -0.25) is 0 Å². The number of carbonyl (C=O) groups is 1. The average molecular weight is 287 g/mol. The standard InChI is InChI=1S/C13H16F3N3O/c1-9-8-19(7-6-17-9)12(20)18-11-4-2-10(3-5-11)13(14,15)16/h2-5,9,17H,6-8H2,1H3,(H,18,20)/t9-/m0/s1. The molecular weight excluding hydrogens is 271 g/mol. The molecule has 0 unspecified atom stereocenters. The van der Waals surface area contributed by atoms with Gasteiger partial charge < -0.3 is 15.5 Å². The van der Waals surface area contributed by atoms with Crippen molar-refractivity contribution in [2.45, 2.75) is 19.1 Å². The Balaban J connectivity index is 1.97. The number of urea groups is 1. The number of hydrogen-bond donors (Lipinski definition) is 2. The maximum atomic E-state index is 12.4. The molecule has 0 radical (unpaired) electrons. The van der Waals surface area contributed by atoms with Crippen molar-refractivity contribution in [2.24, 2.45) is 0 Å². The maximum Gasteiger partial charge on any atom is 0.416 e. The van der Waals surface area contributed by atoms with Crippen molar-refractivity contribution in [1.29, 1.82) is 0 Å².